The minimum absolute atomic E-state index is 0.0543. The number of nitrogens with one attached hydrogen (secondary N) is 1. The summed E-state index contributed by atoms with van der Waals surface area (Å²) in [6, 6.07) is 3.93. The first-order valence-electron chi connectivity index (χ1n) is 6.87. The SMILES string of the molecule is CCC(C)CC(NN)c1cc(OC)c(OC)c(OC)c1. The molecule has 0 saturated carbocycles. The second kappa shape index (κ2) is 7.97. The smallest absolute Gasteiger partial charge is 0.203 e. The summed E-state index contributed by atoms with van der Waals surface area (Å²) in [6.45, 7) is 4.38. The van der Waals surface area contributed by atoms with E-state index in [1.807, 2.05) is 12.1 Å². The van der Waals surface area contributed by atoms with Crippen molar-refractivity contribution in [3.63, 3.8) is 0 Å². The van der Waals surface area contributed by atoms with Crippen LogP contribution in [0.1, 0.15) is 38.3 Å². The van der Waals surface area contributed by atoms with Crippen molar-refractivity contribution in [1.29, 1.82) is 0 Å². The second-order valence-electron chi connectivity index (χ2n) is 4.93. The van der Waals surface area contributed by atoms with Gasteiger partial charge in [-0.25, -0.2) is 0 Å². The van der Waals surface area contributed by atoms with Crippen LogP contribution < -0.4 is 25.5 Å². The molecule has 2 unspecified atom stereocenters. The van der Waals surface area contributed by atoms with Gasteiger partial charge in [-0.2, -0.15) is 0 Å². The minimum Gasteiger partial charge on any atom is -0.493 e. The predicted octanol–water partition coefficient (Wildman–Crippen LogP) is 2.65. The third-order valence-corrected chi connectivity index (χ3v) is 3.63. The lowest BCUT2D eigenvalue weighted by Crippen LogP contribution is -2.29. The van der Waals surface area contributed by atoms with Crippen LogP contribution in [0.25, 0.3) is 0 Å². The Labute approximate surface area is 121 Å². The van der Waals surface area contributed by atoms with Crippen LogP contribution in [0.3, 0.4) is 0 Å². The number of methoxy groups -OCH3 is 3. The molecule has 5 heteroatoms. The van der Waals surface area contributed by atoms with E-state index in [-0.39, 0.29) is 6.04 Å². The van der Waals surface area contributed by atoms with Crippen molar-refractivity contribution in [2.24, 2.45) is 11.8 Å². The van der Waals surface area contributed by atoms with Crippen molar-refractivity contribution in [3.8, 4) is 17.2 Å². The van der Waals surface area contributed by atoms with Gasteiger partial charge in [0.05, 0.1) is 21.3 Å². The third kappa shape index (κ3) is 3.77. The highest BCUT2D eigenvalue weighted by Gasteiger charge is 2.19. The van der Waals surface area contributed by atoms with Crippen LogP contribution in [0.5, 0.6) is 17.2 Å². The molecule has 5 nitrogen and oxygen atoms in total. The molecule has 0 aromatic heterocycles. The van der Waals surface area contributed by atoms with Crippen molar-refractivity contribution in [3.05, 3.63) is 17.7 Å². The summed E-state index contributed by atoms with van der Waals surface area (Å²) in [7, 11) is 4.82. The predicted molar refractivity (Wildman–Crippen MR) is 80.2 cm³/mol. The topological polar surface area (TPSA) is 65.7 Å². The molecule has 0 bridgehead atoms. The molecular weight excluding hydrogens is 256 g/mol. The molecule has 1 rings (SSSR count). The van der Waals surface area contributed by atoms with Crippen LogP contribution in [0.15, 0.2) is 12.1 Å². The Bertz CT molecular complexity index is 399. The molecule has 1 aromatic rings. The molecule has 114 valence electrons. The number of rotatable bonds is 8. The molecule has 0 aliphatic carbocycles. The average Bonchev–Trinajstić information content (AvgIpc) is 2.50. The maximum absolute atomic E-state index is 5.70. The van der Waals surface area contributed by atoms with Crippen molar-refractivity contribution >= 4 is 0 Å². The van der Waals surface area contributed by atoms with Crippen molar-refractivity contribution in [2.75, 3.05) is 21.3 Å². The summed E-state index contributed by atoms with van der Waals surface area (Å²) >= 11 is 0. The highest BCUT2D eigenvalue weighted by molar-refractivity contribution is 5.54. The van der Waals surface area contributed by atoms with Crippen molar-refractivity contribution in [1.82, 2.24) is 5.43 Å². The minimum atomic E-state index is 0.0543. The van der Waals surface area contributed by atoms with E-state index in [0.29, 0.717) is 23.2 Å². The van der Waals surface area contributed by atoms with E-state index in [4.69, 9.17) is 20.1 Å². The molecule has 20 heavy (non-hydrogen) atoms. The average molecular weight is 282 g/mol. The summed E-state index contributed by atoms with van der Waals surface area (Å²) in [5.74, 6) is 8.16. The summed E-state index contributed by atoms with van der Waals surface area (Å²) in [6.07, 6.45) is 2.06. The third-order valence-electron chi connectivity index (χ3n) is 3.63. The molecule has 1 aromatic carbocycles. The quantitative estimate of drug-likeness (QED) is 0.567. The van der Waals surface area contributed by atoms with Crippen molar-refractivity contribution in [2.45, 2.75) is 32.7 Å². The lowest BCUT2D eigenvalue weighted by molar-refractivity contribution is 0.321. The van der Waals surface area contributed by atoms with E-state index < -0.39 is 0 Å². The number of hydrogen-bond donors (Lipinski definition) is 2. The van der Waals surface area contributed by atoms with E-state index in [2.05, 4.69) is 19.3 Å². The molecule has 0 fully saturated rings. The first-order valence-corrected chi connectivity index (χ1v) is 6.87. The highest BCUT2D eigenvalue weighted by atomic mass is 16.5. The zero-order valence-electron chi connectivity index (χ0n) is 13.0. The summed E-state index contributed by atoms with van der Waals surface area (Å²) in [5.41, 5.74) is 3.90. The molecule has 0 aliphatic heterocycles. The number of benzene rings is 1. The standard InChI is InChI=1S/C15H26N2O3/c1-6-10(2)7-12(17-16)11-8-13(18-3)15(20-5)14(9-11)19-4/h8-10,12,17H,6-7,16H2,1-5H3. The Kier molecular flexibility index (Phi) is 6.61. The van der Waals surface area contributed by atoms with Gasteiger partial charge in [-0.05, 0) is 30.0 Å². The lowest BCUT2D eigenvalue weighted by Gasteiger charge is -2.22. The molecule has 0 aliphatic rings. The Morgan fingerprint density at radius 2 is 1.65 bits per heavy atom. The highest BCUT2D eigenvalue weighted by Crippen LogP contribution is 2.40. The number of ether oxygens (including phenoxy) is 3. The van der Waals surface area contributed by atoms with Gasteiger partial charge >= 0.3 is 0 Å². The molecule has 2 atom stereocenters. The maximum Gasteiger partial charge on any atom is 0.203 e. The number of hydrogen-bond acceptors (Lipinski definition) is 5. The van der Waals surface area contributed by atoms with Crippen LogP contribution in [0.4, 0.5) is 0 Å². The van der Waals surface area contributed by atoms with Gasteiger partial charge < -0.3 is 14.2 Å². The van der Waals surface area contributed by atoms with Crippen LogP contribution >= 0.6 is 0 Å². The second-order valence-corrected chi connectivity index (χ2v) is 4.93. The monoisotopic (exact) mass is 282 g/mol. The van der Waals surface area contributed by atoms with Crippen LogP contribution in [0, 0.1) is 5.92 Å². The van der Waals surface area contributed by atoms with E-state index in [0.717, 1.165) is 18.4 Å². The Balaban J connectivity index is 3.15. The van der Waals surface area contributed by atoms with E-state index in [9.17, 15) is 0 Å². The largest absolute Gasteiger partial charge is 0.493 e. The van der Waals surface area contributed by atoms with Crippen molar-refractivity contribution < 1.29 is 14.2 Å². The molecule has 0 spiro atoms. The van der Waals surface area contributed by atoms with E-state index in [1.54, 1.807) is 21.3 Å². The Hall–Kier alpha value is -1.46. The van der Waals surface area contributed by atoms with Crippen LogP contribution in [-0.2, 0) is 0 Å². The fourth-order valence-corrected chi connectivity index (χ4v) is 2.17. The molecule has 0 amide bonds. The summed E-state index contributed by atoms with van der Waals surface area (Å²) in [5, 5.41) is 0. The van der Waals surface area contributed by atoms with Gasteiger partial charge in [-0.3, -0.25) is 11.3 Å². The number of nitrogens with two attached hydrogens (primary N) is 1. The van der Waals surface area contributed by atoms with Gasteiger partial charge in [0.1, 0.15) is 0 Å². The van der Waals surface area contributed by atoms with Gasteiger partial charge in [0.15, 0.2) is 11.5 Å². The normalized spacial score (nSPS) is 13.7. The zero-order chi connectivity index (χ0) is 15.1. The van der Waals surface area contributed by atoms with Gasteiger partial charge in [0, 0.05) is 6.04 Å². The van der Waals surface area contributed by atoms with E-state index in [1.165, 1.54) is 0 Å². The Morgan fingerprint density at radius 1 is 1.10 bits per heavy atom. The lowest BCUT2D eigenvalue weighted by atomic mass is 9.94. The van der Waals surface area contributed by atoms with Crippen LogP contribution in [-0.4, -0.2) is 21.3 Å². The van der Waals surface area contributed by atoms with Gasteiger partial charge in [-0.1, -0.05) is 20.3 Å². The van der Waals surface area contributed by atoms with Crippen LogP contribution in [0.2, 0.25) is 0 Å². The Morgan fingerprint density at radius 3 is 2.00 bits per heavy atom. The first kappa shape index (κ1) is 16.6. The zero-order valence-corrected chi connectivity index (χ0v) is 13.0. The summed E-state index contributed by atoms with van der Waals surface area (Å²) < 4.78 is 16.1. The fourth-order valence-electron chi connectivity index (χ4n) is 2.17. The maximum atomic E-state index is 5.70. The molecule has 0 heterocycles. The van der Waals surface area contributed by atoms with Gasteiger partial charge in [0.2, 0.25) is 5.75 Å². The molecule has 3 N–H and O–H groups in total. The van der Waals surface area contributed by atoms with Gasteiger partial charge in [0.25, 0.3) is 0 Å². The van der Waals surface area contributed by atoms with E-state index >= 15 is 0 Å². The first-order chi connectivity index (χ1) is 9.60. The van der Waals surface area contributed by atoms with Gasteiger partial charge in [-0.15, -0.1) is 0 Å². The molecular formula is C15H26N2O3. The number of hydrazine groups is 1. The molecule has 0 saturated heterocycles. The fraction of sp³-hybridized carbons (Fsp3) is 0.600. The summed E-state index contributed by atoms with van der Waals surface area (Å²) in [4.78, 5) is 0. The molecule has 0 radical (unpaired) electrons.